The van der Waals surface area contributed by atoms with Crippen LogP contribution in [0.2, 0.25) is 0 Å². The minimum atomic E-state index is -3.45. The normalized spacial score (nSPS) is 17.4. The topological polar surface area (TPSA) is 64.4 Å². The molecular weight excluding hydrogens is 377 g/mol. The predicted molar refractivity (Wildman–Crippen MR) is 105 cm³/mol. The van der Waals surface area contributed by atoms with Crippen LogP contribution in [0, 0.1) is 17.1 Å². The zero-order valence-electron chi connectivity index (χ0n) is 15.6. The molecule has 0 N–H and O–H groups in total. The predicted octanol–water partition coefficient (Wildman–Crippen LogP) is 3.43. The summed E-state index contributed by atoms with van der Waals surface area (Å²) in [5.74, 6) is -0.392. The number of nitriles is 1. The highest BCUT2D eigenvalue weighted by molar-refractivity contribution is 7.89. The van der Waals surface area contributed by atoms with E-state index >= 15 is 0 Å². The Bertz CT molecular complexity index is 1040. The van der Waals surface area contributed by atoms with Crippen molar-refractivity contribution in [1.29, 1.82) is 5.26 Å². The molecule has 2 aromatic rings. The molecule has 2 heterocycles. The van der Waals surface area contributed by atoms with Crippen molar-refractivity contribution in [2.24, 2.45) is 0 Å². The smallest absolute Gasteiger partial charge is 0.243 e. The molecule has 4 rings (SSSR count). The van der Waals surface area contributed by atoms with E-state index in [4.69, 9.17) is 5.26 Å². The van der Waals surface area contributed by atoms with Gasteiger partial charge in [0.2, 0.25) is 10.0 Å². The molecule has 0 atom stereocenters. The van der Waals surface area contributed by atoms with Crippen molar-refractivity contribution in [3.63, 3.8) is 0 Å². The summed E-state index contributed by atoms with van der Waals surface area (Å²) in [6.07, 6.45) is 3.63. The maximum Gasteiger partial charge on any atom is 0.243 e. The number of benzene rings is 2. The third-order valence-corrected chi connectivity index (χ3v) is 7.43. The molecule has 0 unspecified atom stereocenters. The molecule has 7 heteroatoms. The van der Waals surface area contributed by atoms with Gasteiger partial charge in [-0.1, -0.05) is 12.5 Å². The number of sulfonamides is 1. The fraction of sp³-hybridized carbons (Fsp3) is 0.381. The molecule has 146 valence electrons. The number of piperidine rings is 1. The molecular formula is C21H22FN3O2S. The second kappa shape index (κ2) is 7.53. The van der Waals surface area contributed by atoms with E-state index in [2.05, 4.69) is 4.90 Å². The number of anilines is 1. The lowest BCUT2D eigenvalue weighted by Crippen LogP contribution is -2.35. The minimum Gasteiger partial charge on any atom is -0.367 e. The number of nitrogens with zero attached hydrogens (tertiary/aromatic N) is 3. The summed E-state index contributed by atoms with van der Waals surface area (Å²) in [4.78, 5) is 2.40. The van der Waals surface area contributed by atoms with Gasteiger partial charge in [0.05, 0.1) is 16.5 Å². The first kappa shape index (κ1) is 18.9. The summed E-state index contributed by atoms with van der Waals surface area (Å²) in [5.41, 5.74) is 2.75. The van der Waals surface area contributed by atoms with E-state index in [0.717, 1.165) is 36.9 Å². The molecule has 1 fully saturated rings. The van der Waals surface area contributed by atoms with Crippen molar-refractivity contribution in [3.8, 4) is 6.07 Å². The van der Waals surface area contributed by atoms with Crippen molar-refractivity contribution in [2.45, 2.75) is 37.1 Å². The molecule has 0 amide bonds. The van der Waals surface area contributed by atoms with Crippen LogP contribution in [0.15, 0.2) is 41.3 Å². The standard InChI is InChI=1S/C21H22FN3O2S/c22-20-12-16(14-23)4-5-18(20)15-24-11-8-17-13-19(6-7-21(17)24)28(26,27)25-9-2-1-3-10-25/h4-7,12-13H,1-3,8-11,15H2. The Morgan fingerprint density at radius 1 is 1.04 bits per heavy atom. The number of rotatable bonds is 4. The maximum atomic E-state index is 14.2. The maximum absolute atomic E-state index is 14.2. The molecule has 28 heavy (non-hydrogen) atoms. The summed E-state index contributed by atoms with van der Waals surface area (Å²) in [6.45, 7) is 2.28. The molecule has 0 saturated carbocycles. The van der Waals surface area contributed by atoms with Crippen LogP contribution in [-0.2, 0) is 23.0 Å². The fourth-order valence-corrected chi connectivity index (χ4v) is 5.54. The molecule has 0 bridgehead atoms. The van der Waals surface area contributed by atoms with Crippen molar-refractivity contribution in [3.05, 3.63) is 58.9 Å². The highest BCUT2D eigenvalue weighted by Gasteiger charge is 2.28. The van der Waals surface area contributed by atoms with Gasteiger partial charge in [-0.3, -0.25) is 0 Å². The van der Waals surface area contributed by atoms with Crippen LogP contribution in [-0.4, -0.2) is 32.4 Å². The second-order valence-electron chi connectivity index (χ2n) is 7.34. The Balaban J connectivity index is 1.56. The average molecular weight is 399 g/mol. The Morgan fingerprint density at radius 2 is 1.82 bits per heavy atom. The quantitative estimate of drug-likeness (QED) is 0.790. The largest absolute Gasteiger partial charge is 0.367 e. The van der Waals surface area contributed by atoms with Crippen LogP contribution >= 0.6 is 0 Å². The van der Waals surface area contributed by atoms with E-state index < -0.39 is 15.8 Å². The SMILES string of the molecule is N#Cc1ccc(CN2CCc3cc(S(=O)(=O)N4CCCCC4)ccc32)c(F)c1. The van der Waals surface area contributed by atoms with E-state index in [1.807, 2.05) is 12.1 Å². The molecule has 0 radical (unpaired) electrons. The van der Waals surface area contributed by atoms with Gasteiger partial charge in [0, 0.05) is 37.4 Å². The van der Waals surface area contributed by atoms with Crippen LogP contribution < -0.4 is 4.90 Å². The Labute approximate surface area is 165 Å². The molecule has 0 spiro atoms. The van der Waals surface area contributed by atoms with E-state index in [-0.39, 0.29) is 0 Å². The molecule has 0 aliphatic carbocycles. The third-order valence-electron chi connectivity index (χ3n) is 5.54. The van der Waals surface area contributed by atoms with Gasteiger partial charge in [0.25, 0.3) is 0 Å². The van der Waals surface area contributed by atoms with Gasteiger partial charge in [0.1, 0.15) is 5.82 Å². The van der Waals surface area contributed by atoms with Crippen molar-refractivity contribution in [1.82, 2.24) is 4.31 Å². The van der Waals surface area contributed by atoms with Gasteiger partial charge in [-0.15, -0.1) is 0 Å². The van der Waals surface area contributed by atoms with E-state index in [1.165, 1.54) is 6.07 Å². The third kappa shape index (κ3) is 3.50. The van der Waals surface area contributed by atoms with Gasteiger partial charge in [-0.2, -0.15) is 9.57 Å². The number of fused-ring (bicyclic) bond motifs is 1. The highest BCUT2D eigenvalue weighted by Crippen LogP contribution is 2.33. The van der Waals surface area contributed by atoms with Gasteiger partial charge < -0.3 is 4.90 Å². The molecule has 2 aliphatic heterocycles. The average Bonchev–Trinajstić information content (AvgIpc) is 3.12. The summed E-state index contributed by atoms with van der Waals surface area (Å²) in [7, 11) is -3.45. The number of hydrogen-bond donors (Lipinski definition) is 0. The van der Waals surface area contributed by atoms with Gasteiger partial charge in [-0.05, 0) is 55.2 Å². The van der Waals surface area contributed by atoms with Crippen molar-refractivity contribution in [2.75, 3.05) is 24.5 Å². The lowest BCUT2D eigenvalue weighted by Gasteiger charge is -2.26. The van der Waals surface area contributed by atoms with Crippen LogP contribution in [0.1, 0.15) is 36.0 Å². The lowest BCUT2D eigenvalue weighted by molar-refractivity contribution is 0.346. The minimum absolute atomic E-state index is 0.302. The second-order valence-corrected chi connectivity index (χ2v) is 9.28. The van der Waals surface area contributed by atoms with E-state index in [1.54, 1.807) is 28.6 Å². The first-order valence-corrected chi connectivity index (χ1v) is 11.0. The van der Waals surface area contributed by atoms with Crippen molar-refractivity contribution < 1.29 is 12.8 Å². The summed E-state index contributed by atoms with van der Waals surface area (Å²) >= 11 is 0. The van der Waals surface area contributed by atoms with Crippen LogP contribution in [0.25, 0.3) is 0 Å². The van der Waals surface area contributed by atoms with Crippen LogP contribution in [0.4, 0.5) is 10.1 Å². The molecule has 1 saturated heterocycles. The number of halogens is 1. The van der Waals surface area contributed by atoms with E-state index in [0.29, 0.717) is 42.2 Å². The molecule has 2 aromatic carbocycles. The number of hydrogen-bond acceptors (Lipinski definition) is 4. The zero-order chi connectivity index (χ0) is 19.7. The summed E-state index contributed by atoms with van der Waals surface area (Å²) in [5, 5.41) is 8.87. The molecule has 5 nitrogen and oxygen atoms in total. The lowest BCUT2D eigenvalue weighted by atomic mass is 10.1. The molecule has 0 aromatic heterocycles. The van der Waals surface area contributed by atoms with Crippen LogP contribution in [0.5, 0.6) is 0 Å². The monoisotopic (exact) mass is 399 g/mol. The van der Waals surface area contributed by atoms with Crippen LogP contribution in [0.3, 0.4) is 0 Å². The van der Waals surface area contributed by atoms with E-state index in [9.17, 15) is 12.8 Å². The first-order chi connectivity index (χ1) is 13.5. The Hall–Kier alpha value is -2.43. The van der Waals surface area contributed by atoms with Gasteiger partial charge in [-0.25, -0.2) is 12.8 Å². The Morgan fingerprint density at radius 3 is 2.54 bits per heavy atom. The highest BCUT2D eigenvalue weighted by atomic mass is 32.2. The zero-order valence-corrected chi connectivity index (χ0v) is 16.4. The fourth-order valence-electron chi connectivity index (χ4n) is 3.98. The summed E-state index contributed by atoms with van der Waals surface area (Å²) < 4.78 is 41.6. The van der Waals surface area contributed by atoms with Gasteiger partial charge >= 0.3 is 0 Å². The summed E-state index contributed by atoms with van der Waals surface area (Å²) in [6, 6.07) is 11.7. The van der Waals surface area contributed by atoms with Crippen molar-refractivity contribution >= 4 is 15.7 Å². The first-order valence-electron chi connectivity index (χ1n) is 9.55. The Kier molecular flexibility index (Phi) is 5.09. The van der Waals surface area contributed by atoms with Gasteiger partial charge in [0.15, 0.2) is 0 Å². The molecule has 2 aliphatic rings.